The summed E-state index contributed by atoms with van der Waals surface area (Å²) in [5.74, 6) is -1.29. The first-order valence-corrected chi connectivity index (χ1v) is 12.3. The number of allylic oxidation sites excluding steroid dienone is 8. The molecule has 0 radical (unpaired) electrons. The number of esters is 3. The molecule has 0 bridgehead atoms. The van der Waals surface area contributed by atoms with Gasteiger partial charge >= 0.3 is 17.9 Å². The molecule has 0 aliphatic heterocycles. The van der Waals surface area contributed by atoms with Crippen molar-refractivity contribution in [2.24, 2.45) is 0 Å². The lowest BCUT2D eigenvalue weighted by Gasteiger charge is -2.17. The Morgan fingerprint density at radius 3 is 1.59 bits per heavy atom. The van der Waals surface area contributed by atoms with Gasteiger partial charge in [-0.25, -0.2) is 0 Å². The number of carbonyl (C=O) groups excluding carboxylic acids is 3. The van der Waals surface area contributed by atoms with Crippen LogP contribution in [0.15, 0.2) is 60.8 Å². The normalized spacial score (nSPS) is 12.9. The molecule has 0 aliphatic rings. The van der Waals surface area contributed by atoms with Crippen molar-refractivity contribution in [2.75, 3.05) is 13.2 Å². The quantitative estimate of drug-likeness (QED) is 0.124. The van der Waals surface area contributed by atoms with Crippen LogP contribution in [0, 0.1) is 0 Å². The van der Waals surface area contributed by atoms with Gasteiger partial charge in [-0.2, -0.15) is 0 Å². The Labute approximate surface area is 205 Å². The fourth-order valence-electron chi connectivity index (χ4n) is 2.57. The maximum Gasteiger partial charge on any atom is 0.309 e. The lowest BCUT2D eigenvalue weighted by molar-refractivity contribution is -0.166. The summed E-state index contributed by atoms with van der Waals surface area (Å²) in [4.78, 5) is 36.0. The topological polar surface area (TPSA) is 78.9 Å². The minimum absolute atomic E-state index is 0.119. The van der Waals surface area contributed by atoms with Crippen molar-refractivity contribution in [1.29, 1.82) is 0 Å². The SMILES string of the molecule is CCC=CCCC(=O)OC(COC(=O)C/C=C\CC)COC(=O)C/C=C\C/C=C\C/C=C\CC. The number of rotatable bonds is 19. The van der Waals surface area contributed by atoms with Gasteiger partial charge in [0.1, 0.15) is 13.2 Å². The van der Waals surface area contributed by atoms with Gasteiger partial charge in [0.15, 0.2) is 6.10 Å². The van der Waals surface area contributed by atoms with Gasteiger partial charge in [0, 0.05) is 6.42 Å². The maximum absolute atomic E-state index is 12.1. The van der Waals surface area contributed by atoms with E-state index in [2.05, 4.69) is 25.2 Å². The minimum Gasteiger partial charge on any atom is -0.461 e. The van der Waals surface area contributed by atoms with Crippen LogP contribution in [0.5, 0.6) is 0 Å². The Kier molecular flexibility index (Phi) is 21.3. The first kappa shape index (κ1) is 31.1. The summed E-state index contributed by atoms with van der Waals surface area (Å²) in [6.07, 6.45) is 24.1. The first-order valence-electron chi connectivity index (χ1n) is 12.3. The standard InChI is InChI=1S/C28H42O6/c1-4-7-10-12-13-14-15-16-19-21-27(30)33-24-25(23-32-26(29)20-17-9-6-3)34-28(31)22-18-11-8-5-2/h7-11,13-14,16-17,19,25H,4-6,12,15,18,20-24H2,1-3H3/b10-7-,11-8?,14-13-,17-9-,19-16-. The fourth-order valence-corrected chi connectivity index (χ4v) is 2.57. The van der Waals surface area contributed by atoms with E-state index in [9.17, 15) is 14.4 Å². The number of hydrogen-bond donors (Lipinski definition) is 0. The second-order valence-corrected chi connectivity index (χ2v) is 7.48. The highest BCUT2D eigenvalue weighted by Crippen LogP contribution is 2.04. The molecule has 0 aliphatic carbocycles. The first-order chi connectivity index (χ1) is 16.5. The summed E-state index contributed by atoms with van der Waals surface area (Å²) >= 11 is 0. The molecule has 0 rings (SSSR count). The van der Waals surface area contributed by atoms with E-state index in [-0.39, 0.29) is 32.5 Å². The zero-order chi connectivity index (χ0) is 25.3. The van der Waals surface area contributed by atoms with Crippen LogP contribution in [-0.2, 0) is 28.6 Å². The van der Waals surface area contributed by atoms with Crippen LogP contribution < -0.4 is 0 Å². The van der Waals surface area contributed by atoms with E-state index in [0.717, 1.165) is 32.1 Å². The van der Waals surface area contributed by atoms with Crippen LogP contribution in [-0.4, -0.2) is 37.2 Å². The Hall–Kier alpha value is -2.89. The van der Waals surface area contributed by atoms with Crippen molar-refractivity contribution in [3.8, 4) is 0 Å². The molecule has 0 saturated heterocycles. The third kappa shape index (κ3) is 21.0. The van der Waals surface area contributed by atoms with Crippen molar-refractivity contribution in [3.05, 3.63) is 60.8 Å². The van der Waals surface area contributed by atoms with Crippen LogP contribution in [0.25, 0.3) is 0 Å². The minimum atomic E-state index is -0.839. The highest BCUT2D eigenvalue weighted by Gasteiger charge is 2.18. The van der Waals surface area contributed by atoms with E-state index in [0.29, 0.717) is 6.42 Å². The average Bonchev–Trinajstić information content (AvgIpc) is 2.82. The van der Waals surface area contributed by atoms with Crippen molar-refractivity contribution >= 4 is 17.9 Å². The molecular formula is C28H42O6. The summed E-state index contributed by atoms with van der Waals surface area (Å²) in [7, 11) is 0. The van der Waals surface area contributed by atoms with Gasteiger partial charge in [0.25, 0.3) is 0 Å². The smallest absolute Gasteiger partial charge is 0.309 e. The van der Waals surface area contributed by atoms with E-state index in [4.69, 9.17) is 14.2 Å². The van der Waals surface area contributed by atoms with Gasteiger partial charge in [-0.15, -0.1) is 0 Å². The molecule has 0 saturated carbocycles. The second-order valence-electron chi connectivity index (χ2n) is 7.48. The molecule has 1 unspecified atom stereocenters. The van der Waals surface area contributed by atoms with Gasteiger partial charge in [-0.3, -0.25) is 14.4 Å². The maximum atomic E-state index is 12.1. The van der Waals surface area contributed by atoms with Crippen LogP contribution in [0.2, 0.25) is 0 Å². The highest BCUT2D eigenvalue weighted by molar-refractivity contribution is 5.72. The largest absolute Gasteiger partial charge is 0.461 e. The van der Waals surface area contributed by atoms with E-state index >= 15 is 0 Å². The molecule has 0 fully saturated rings. The van der Waals surface area contributed by atoms with Gasteiger partial charge in [0.2, 0.25) is 0 Å². The Morgan fingerprint density at radius 1 is 0.588 bits per heavy atom. The van der Waals surface area contributed by atoms with E-state index in [1.54, 1.807) is 12.2 Å². The number of ether oxygens (including phenoxy) is 3. The number of hydrogen-bond acceptors (Lipinski definition) is 6. The van der Waals surface area contributed by atoms with Gasteiger partial charge in [-0.05, 0) is 38.5 Å². The van der Waals surface area contributed by atoms with Crippen LogP contribution in [0.3, 0.4) is 0 Å². The molecule has 190 valence electrons. The molecule has 0 aromatic rings. The van der Waals surface area contributed by atoms with Crippen LogP contribution in [0.1, 0.15) is 78.6 Å². The molecular weight excluding hydrogens is 432 g/mol. The third-order valence-corrected chi connectivity index (χ3v) is 4.33. The predicted molar refractivity (Wildman–Crippen MR) is 136 cm³/mol. The molecule has 0 spiro atoms. The van der Waals surface area contributed by atoms with Gasteiger partial charge in [0.05, 0.1) is 12.8 Å². The second kappa shape index (κ2) is 23.3. The Balaban J connectivity index is 4.52. The van der Waals surface area contributed by atoms with Crippen molar-refractivity contribution in [3.63, 3.8) is 0 Å². The molecule has 0 aromatic heterocycles. The summed E-state index contributed by atoms with van der Waals surface area (Å²) in [6.45, 7) is 5.76. The molecule has 6 nitrogen and oxygen atoms in total. The zero-order valence-electron chi connectivity index (χ0n) is 21.1. The summed E-state index contributed by atoms with van der Waals surface area (Å²) in [6, 6.07) is 0. The number of carbonyl (C=O) groups is 3. The summed E-state index contributed by atoms with van der Waals surface area (Å²) in [5, 5.41) is 0. The van der Waals surface area contributed by atoms with Gasteiger partial charge < -0.3 is 14.2 Å². The van der Waals surface area contributed by atoms with Crippen molar-refractivity contribution in [1.82, 2.24) is 0 Å². The fraction of sp³-hybridized carbons (Fsp3) is 0.536. The van der Waals surface area contributed by atoms with Crippen LogP contribution >= 0.6 is 0 Å². The monoisotopic (exact) mass is 474 g/mol. The average molecular weight is 475 g/mol. The van der Waals surface area contributed by atoms with E-state index in [1.807, 2.05) is 44.2 Å². The zero-order valence-corrected chi connectivity index (χ0v) is 21.1. The third-order valence-electron chi connectivity index (χ3n) is 4.33. The molecule has 0 N–H and O–H groups in total. The molecule has 34 heavy (non-hydrogen) atoms. The van der Waals surface area contributed by atoms with E-state index < -0.39 is 24.0 Å². The Morgan fingerprint density at radius 2 is 1.03 bits per heavy atom. The van der Waals surface area contributed by atoms with Crippen molar-refractivity contribution in [2.45, 2.75) is 84.7 Å². The molecule has 0 aromatic carbocycles. The lowest BCUT2D eigenvalue weighted by atomic mass is 10.2. The molecule has 6 heteroatoms. The molecule has 0 amide bonds. The predicted octanol–water partition coefficient (Wildman–Crippen LogP) is 6.34. The summed E-state index contributed by atoms with van der Waals surface area (Å²) in [5.41, 5.74) is 0. The lowest BCUT2D eigenvalue weighted by Crippen LogP contribution is -2.30. The molecule has 1 atom stereocenters. The Bertz CT molecular complexity index is 700. The van der Waals surface area contributed by atoms with Gasteiger partial charge in [-0.1, -0.05) is 81.5 Å². The summed E-state index contributed by atoms with van der Waals surface area (Å²) < 4.78 is 15.8. The van der Waals surface area contributed by atoms with Crippen molar-refractivity contribution < 1.29 is 28.6 Å². The molecule has 0 heterocycles. The van der Waals surface area contributed by atoms with Crippen LogP contribution in [0.4, 0.5) is 0 Å². The highest BCUT2D eigenvalue weighted by atomic mass is 16.6. The van der Waals surface area contributed by atoms with E-state index in [1.165, 1.54) is 0 Å².